The van der Waals surface area contributed by atoms with Gasteiger partial charge < -0.3 is 14.3 Å². The Morgan fingerprint density at radius 1 is 1.12 bits per heavy atom. The number of benzene rings is 1. The van der Waals surface area contributed by atoms with Gasteiger partial charge in [0.15, 0.2) is 6.29 Å². The second kappa shape index (κ2) is 11.3. The summed E-state index contributed by atoms with van der Waals surface area (Å²) in [5, 5.41) is 0. The third kappa shape index (κ3) is 9.72. The number of ether oxygens (including phenoxy) is 2. The minimum atomic E-state index is -0.0370. The van der Waals surface area contributed by atoms with E-state index >= 15 is 0 Å². The first-order valence-electron chi connectivity index (χ1n) is 5.95. The van der Waals surface area contributed by atoms with E-state index in [1.807, 2.05) is 51.1 Å². The van der Waals surface area contributed by atoms with Crippen molar-refractivity contribution in [1.82, 2.24) is 0 Å². The van der Waals surface area contributed by atoms with Crippen molar-refractivity contribution in [2.75, 3.05) is 13.2 Å². The van der Waals surface area contributed by atoms with Crippen molar-refractivity contribution >= 4 is 6.29 Å². The average Bonchev–Trinajstić information content (AvgIpc) is 2.32. The molecule has 96 valence electrons. The first-order valence-corrected chi connectivity index (χ1v) is 5.95. The van der Waals surface area contributed by atoms with Crippen LogP contribution < -0.4 is 0 Å². The Labute approximate surface area is 104 Å². The van der Waals surface area contributed by atoms with Crippen LogP contribution in [0, 0.1) is 0 Å². The van der Waals surface area contributed by atoms with Crippen molar-refractivity contribution in [2.45, 2.75) is 33.5 Å². The van der Waals surface area contributed by atoms with Crippen molar-refractivity contribution in [2.24, 2.45) is 0 Å². The van der Waals surface area contributed by atoms with Crippen LogP contribution in [0.2, 0.25) is 0 Å². The molecule has 1 aromatic rings. The van der Waals surface area contributed by atoms with E-state index in [4.69, 9.17) is 9.47 Å². The van der Waals surface area contributed by atoms with Gasteiger partial charge in [0.05, 0.1) is 0 Å². The molecular formula is C14H22O3. The van der Waals surface area contributed by atoms with Gasteiger partial charge in [0.25, 0.3) is 0 Å². The van der Waals surface area contributed by atoms with Crippen molar-refractivity contribution in [3.63, 3.8) is 0 Å². The Hall–Kier alpha value is -1.19. The maximum absolute atomic E-state index is 9.97. The van der Waals surface area contributed by atoms with Gasteiger partial charge in [0.1, 0.15) is 6.29 Å². The lowest BCUT2D eigenvalue weighted by atomic mass is 10.2. The van der Waals surface area contributed by atoms with Crippen molar-refractivity contribution in [1.29, 1.82) is 0 Å². The number of hydrogen-bond donors (Lipinski definition) is 0. The summed E-state index contributed by atoms with van der Waals surface area (Å²) < 4.78 is 10.1. The Kier molecular flexibility index (Phi) is 10.5. The van der Waals surface area contributed by atoms with Crippen LogP contribution >= 0.6 is 0 Å². The van der Waals surface area contributed by atoms with Gasteiger partial charge in [-0.2, -0.15) is 0 Å². The summed E-state index contributed by atoms with van der Waals surface area (Å²) in [4.78, 5) is 9.97. The molecule has 1 aromatic carbocycles. The fourth-order valence-corrected chi connectivity index (χ4v) is 1.23. The highest BCUT2D eigenvalue weighted by Crippen LogP contribution is 1.96. The van der Waals surface area contributed by atoms with Gasteiger partial charge >= 0.3 is 0 Å². The predicted molar refractivity (Wildman–Crippen MR) is 68.9 cm³/mol. The molecule has 3 nitrogen and oxygen atoms in total. The van der Waals surface area contributed by atoms with Gasteiger partial charge in [-0.05, 0) is 26.3 Å². The molecule has 0 spiro atoms. The second-order valence-electron chi connectivity index (χ2n) is 3.33. The molecule has 0 saturated heterocycles. The molecule has 0 heterocycles. The van der Waals surface area contributed by atoms with Crippen LogP contribution in [0.3, 0.4) is 0 Å². The highest BCUT2D eigenvalue weighted by atomic mass is 16.7. The molecule has 0 fully saturated rings. The van der Waals surface area contributed by atoms with Crippen LogP contribution in [0.15, 0.2) is 30.3 Å². The monoisotopic (exact) mass is 238 g/mol. The number of carbonyl (C=O) groups is 1. The second-order valence-corrected chi connectivity index (χ2v) is 3.33. The van der Waals surface area contributed by atoms with Gasteiger partial charge in [0.2, 0.25) is 0 Å². The predicted octanol–water partition coefficient (Wildman–Crippen LogP) is 2.83. The number of carbonyl (C=O) groups excluding carboxylic acids is 1. The highest BCUT2D eigenvalue weighted by molar-refractivity contribution is 5.54. The zero-order valence-corrected chi connectivity index (χ0v) is 10.9. The Balaban J connectivity index is 0.000000304. The molecule has 0 aliphatic heterocycles. The van der Waals surface area contributed by atoms with E-state index in [2.05, 4.69) is 0 Å². The number of hydrogen-bond acceptors (Lipinski definition) is 3. The SMILES string of the molecule is CCOC(C)OCC.O=CCc1ccccc1. The summed E-state index contributed by atoms with van der Waals surface area (Å²) in [6, 6.07) is 9.68. The van der Waals surface area contributed by atoms with Gasteiger partial charge in [-0.15, -0.1) is 0 Å². The molecule has 3 heteroatoms. The van der Waals surface area contributed by atoms with E-state index in [0.29, 0.717) is 6.42 Å². The van der Waals surface area contributed by atoms with E-state index in [1.54, 1.807) is 0 Å². The quantitative estimate of drug-likeness (QED) is 0.564. The van der Waals surface area contributed by atoms with E-state index in [0.717, 1.165) is 25.1 Å². The number of aldehydes is 1. The zero-order chi connectivity index (χ0) is 12.9. The molecule has 0 unspecified atom stereocenters. The van der Waals surface area contributed by atoms with E-state index in [-0.39, 0.29) is 6.29 Å². The molecule has 0 aromatic heterocycles. The number of rotatable bonds is 6. The molecule has 0 amide bonds. The van der Waals surface area contributed by atoms with Gasteiger partial charge in [-0.3, -0.25) is 0 Å². The molecule has 0 radical (unpaired) electrons. The average molecular weight is 238 g/mol. The molecule has 0 bridgehead atoms. The topological polar surface area (TPSA) is 35.5 Å². The maximum atomic E-state index is 9.97. The van der Waals surface area contributed by atoms with Crippen LogP contribution in [0.4, 0.5) is 0 Å². The highest BCUT2D eigenvalue weighted by Gasteiger charge is 1.94. The molecule has 0 saturated carbocycles. The molecule has 0 aliphatic carbocycles. The van der Waals surface area contributed by atoms with Crippen LogP contribution in [0.1, 0.15) is 26.3 Å². The van der Waals surface area contributed by atoms with Gasteiger partial charge in [-0.25, -0.2) is 0 Å². The zero-order valence-electron chi connectivity index (χ0n) is 10.9. The smallest absolute Gasteiger partial charge is 0.154 e. The van der Waals surface area contributed by atoms with Crippen molar-refractivity contribution in [3.05, 3.63) is 35.9 Å². The van der Waals surface area contributed by atoms with Crippen molar-refractivity contribution < 1.29 is 14.3 Å². The third-order valence-electron chi connectivity index (χ3n) is 1.96. The minimum Gasteiger partial charge on any atom is -0.353 e. The summed E-state index contributed by atoms with van der Waals surface area (Å²) in [5.41, 5.74) is 1.08. The van der Waals surface area contributed by atoms with E-state index < -0.39 is 0 Å². The minimum absolute atomic E-state index is 0.0370. The summed E-state index contributed by atoms with van der Waals surface area (Å²) in [5.74, 6) is 0. The first-order chi connectivity index (χ1) is 8.24. The molecule has 1 rings (SSSR count). The lowest BCUT2D eigenvalue weighted by Crippen LogP contribution is -2.11. The molecule has 0 atom stereocenters. The lowest BCUT2D eigenvalue weighted by Gasteiger charge is -2.09. The first kappa shape index (κ1) is 15.8. The maximum Gasteiger partial charge on any atom is 0.154 e. The standard InChI is InChI=1S/C8H8O.C6H14O2/c9-7-6-8-4-2-1-3-5-8;1-4-7-6(3)8-5-2/h1-5,7H,6H2;6H,4-5H2,1-3H3. The van der Waals surface area contributed by atoms with Gasteiger partial charge in [0, 0.05) is 19.6 Å². The molecule has 0 aliphatic rings. The van der Waals surface area contributed by atoms with Crippen LogP contribution in [0.25, 0.3) is 0 Å². The largest absolute Gasteiger partial charge is 0.353 e. The van der Waals surface area contributed by atoms with Gasteiger partial charge in [-0.1, -0.05) is 30.3 Å². The summed E-state index contributed by atoms with van der Waals surface area (Å²) >= 11 is 0. The Morgan fingerprint density at radius 3 is 2.06 bits per heavy atom. The van der Waals surface area contributed by atoms with E-state index in [1.165, 1.54) is 0 Å². The third-order valence-corrected chi connectivity index (χ3v) is 1.96. The Bertz CT molecular complexity index is 266. The van der Waals surface area contributed by atoms with Crippen LogP contribution in [0.5, 0.6) is 0 Å². The fourth-order valence-electron chi connectivity index (χ4n) is 1.23. The van der Waals surface area contributed by atoms with Crippen LogP contribution in [-0.4, -0.2) is 25.8 Å². The lowest BCUT2D eigenvalue weighted by molar-refractivity contribution is -0.123. The van der Waals surface area contributed by atoms with Crippen LogP contribution in [-0.2, 0) is 20.7 Å². The Morgan fingerprint density at radius 2 is 1.65 bits per heavy atom. The summed E-state index contributed by atoms with van der Waals surface area (Å²) in [6.45, 7) is 7.25. The van der Waals surface area contributed by atoms with E-state index in [9.17, 15) is 4.79 Å². The fraction of sp³-hybridized carbons (Fsp3) is 0.500. The normalized spacial score (nSPS) is 9.65. The molecular weight excluding hydrogens is 216 g/mol. The molecule has 0 N–H and O–H groups in total. The molecule has 17 heavy (non-hydrogen) atoms. The summed E-state index contributed by atoms with van der Waals surface area (Å²) in [6.07, 6.45) is 1.40. The van der Waals surface area contributed by atoms with Crippen molar-refractivity contribution in [3.8, 4) is 0 Å². The summed E-state index contributed by atoms with van der Waals surface area (Å²) in [7, 11) is 0.